The third kappa shape index (κ3) is 7.32. The Hall–Kier alpha value is -0.630. The minimum Gasteiger partial charge on any atom is -0.550 e. The molecule has 82 valence electrons. The number of rotatable bonds is 5. The van der Waals surface area contributed by atoms with Crippen LogP contribution in [0.4, 0.5) is 0 Å². The second-order valence-corrected chi connectivity index (χ2v) is 2.42. The van der Waals surface area contributed by atoms with E-state index in [1.165, 1.54) is 0 Å². The van der Waals surface area contributed by atoms with E-state index < -0.39 is 36.4 Å². The molecule has 0 amide bonds. The third-order valence-corrected chi connectivity index (χ3v) is 1.25. The van der Waals surface area contributed by atoms with E-state index in [2.05, 4.69) is 0 Å². The van der Waals surface area contributed by atoms with Crippen molar-refractivity contribution in [3.05, 3.63) is 7.43 Å². The van der Waals surface area contributed by atoms with Gasteiger partial charge in [-0.25, -0.2) is 0 Å². The molecule has 0 saturated heterocycles. The van der Waals surface area contributed by atoms with Crippen LogP contribution in [-0.4, -0.2) is 28.6 Å². The first-order chi connectivity index (χ1) is 5.78. The van der Waals surface area contributed by atoms with Crippen LogP contribution in [0.2, 0.25) is 0 Å². The van der Waals surface area contributed by atoms with Gasteiger partial charge in [0.05, 0.1) is 5.97 Å². The zero-order valence-corrected chi connectivity index (χ0v) is 10.3. The topological polar surface area (TPSA) is 141 Å². The molecule has 0 rings (SSSR count). The molecule has 1 N–H and O–H groups in total. The summed E-state index contributed by atoms with van der Waals surface area (Å²) in [5, 5.41) is 38.9. The van der Waals surface area contributed by atoms with Gasteiger partial charge in [0, 0.05) is 24.8 Å². The monoisotopic (exact) mass is 227 g/mol. The van der Waals surface area contributed by atoms with Crippen LogP contribution >= 0.6 is 0 Å². The van der Waals surface area contributed by atoms with Crippen LogP contribution in [0.5, 0.6) is 0 Å². The molecule has 0 aromatic carbocycles. The standard InChI is InChI=1S/C6H8O7.CH3.Na/c7-3(8)1-6(13,5(11)12)2-4(9)10;;/h13H,1-2H2,(H,7,8)(H,9,10)(H,11,12);1H3;/q;-1;+1/p-3. The minimum atomic E-state index is -2.97. The Balaban J connectivity index is -0.000000720. The van der Waals surface area contributed by atoms with E-state index >= 15 is 0 Å². The third-order valence-electron chi connectivity index (χ3n) is 1.25. The maximum absolute atomic E-state index is 10.1. The van der Waals surface area contributed by atoms with Crippen molar-refractivity contribution in [3.63, 3.8) is 0 Å². The van der Waals surface area contributed by atoms with E-state index in [-0.39, 0.29) is 37.0 Å². The van der Waals surface area contributed by atoms with Crippen molar-refractivity contribution in [2.24, 2.45) is 0 Å². The average Bonchev–Trinajstić information content (AvgIpc) is 1.82. The molecule has 0 unspecified atom stereocenters. The molecule has 0 aliphatic heterocycles. The fourth-order valence-corrected chi connectivity index (χ4v) is 0.684. The second kappa shape index (κ2) is 7.63. The van der Waals surface area contributed by atoms with Gasteiger partial charge in [0.25, 0.3) is 0 Å². The van der Waals surface area contributed by atoms with Gasteiger partial charge in [0.1, 0.15) is 5.60 Å². The molecule has 0 bridgehead atoms. The summed E-state index contributed by atoms with van der Waals surface area (Å²) in [6.45, 7) is 0. The van der Waals surface area contributed by atoms with Crippen LogP contribution in [0.15, 0.2) is 0 Å². The average molecular weight is 227 g/mol. The molecule has 0 aliphatic carbocycles. The van der Waals surface area contributed by atoms with E-state index in [4.69, 9.17) is 5.11 Å². The van der Waals surface area contributed by atoms with Gasteiger partial charge >= 0.3 is 29.6 Å². The number of carboxylic acids is 3. The predicted octanol–water partition coefficient (Wildman–Crippen LogP) is -7.80. The number of carboxylic acid groups (broad SMARTS) is 3. The largest absolute Gasteiger partial charge is 1.00 e. The summed E-state index contributed by atoms with van der Waals surface area (Å²) in [5.41, 5.74) is -2.97. The normalized spacial score (nSPS) is 9.40. The second-order valence-electron chi connectivity index (χ2n) is 2.42. The van der Waals surface area contributed by atoms with Gasteiger partial charge in [-0.2, -0.15) is 0 Å². The number of carbonyl (C=O) groups is 3. The Morgan fingerprint density at radius 2 is 1.27 bits per heavy atom. The van der Waals surface area contributed by atoms with E-state index in [9.17, 15) is 29.7 Å². The molecule has 15 heavy (non-hydrogen) atoms. The van der Waals surface area contributed by atoms with Gasteiger partial charge in [-0.1, -0.05) is 0 Å². The summed E-state index contributed by atoms with van der Waals surface area (Å²) in [5.74, 6) is -5.98. The maximum Gasteiger partial charge on any atom is 1.00 e. The molecule has 0 aliphatic rings. The Kier molecular flexibility index (Phi) is 10.1. The van der Waals surface area contributed by atoms with Gasteiger partial charge < -0.3 is 42.2 Å². The predicted molar refractivity (Wildman–Crippen MR) is 35.6 cm³/mol. The molecular formula is C7H8NaO7-3. The number of hydrogen-bond donors (Lipinski definition) is 1. The zero-order valence-electron chi connectivity index (χ0n) is 8.31. The Bertz CT molecular complexity index is 234. The molecule has 0 atom stereocenters. The number of aliphatic hydroxyl groups is 1. The first kappa shape index (κ1) is 19.9. The van der Waals surface area contributed by atoms with Crippen molar-refractivity contribution >= 4 is 17.9 Å². The van der Waals surface area contributed by atoms with Gasteiger partial charge in [-0.15, -0.1) is 0 Å². The molecule has 0 saturated carbocycles. The maximum atomic E-state index is 10.1. The van der Waals surface area contributed by atoms with Gasteiger partial charge in [-0.05, 0) is 0 Å². The number of hydrogen-bond acceptors (Lipinski definition) is 7. The molecule has 0 radical (unpaired) electrons. The van der Waals surface area contributed by atoms with Crippen molar-refractivity contribution in [3.8, 4) is 0 Å². The van der Waals surface area contributed by atoms with Crippen molar-refractivity contribution in [2.45, 2.75) is 18.4 Å². The molecule has 0 fully saturated rings. The van der Waals surface area contributed by atoms with Crippen LogP contribution < -0.4 is 44.9 Å². The molecular weight excluding hydrogens is 219 g/mol. The molecule has 0 aromatic rings. The van der Waals surface area contributed by atoms with Crippen molar-refractivity contribution in [1.29, 1.82) is 0 Å². The molecule has 0 aromatic heterocycles. The number of aliphatic carboxylic acids is 3. The Morgan fingerprint density at radius 1 is 1.00 bits per heavy atom. The summed E-state index contributed by atoms with van der Waals surface area (Å²) in [4.78, 5) is 30.0. The van der Waals surface area contributed by atoms with Crippen LogP contribution in [0.25, 0.3) is 0 Å². The quantitative estimate of drug-likeness (QED) is 0.363. The zero-order chi connectivity index (χ0) is 10.6. The number of carbonyl (C=O) groups excluding carboxylic acids is 3. The smallest absolute Gasteiger partial charge is 0.550 e. The first-order valence-corrected chi connectivity index (χ1v) is 3.11. The van der Waals surface area contributed by atoms with Gasteiger partial charge in [0.15, 0.2) is 0 Å². The Morgan fingerprint density at radius 3 is 1.40 bits per heavy atom. The van der Waals surface area contributed by atoms with E-state index in [0.717, 1.165) is 0 Å². The van der Waals surface area contributed by atoms with Gasteiger partial charge in [-0.3, -0.25) is 0 Å². The fraction of sp³-hybridized carbons (Fsp3) is 0.429. The molecule has 7 nitrogen and oxygen atoms in total. The SMILES string of the molecule is O=C([O-])CC(O)(CC(=O)[O-])C(=O)[O-].[CH3-].[Na+]. The van der Waals surface area contributed by atoms with E-state index in [1.54, 1.807) is 0 Å². The fourth-order valence-electron chi connectivity index (χ4n) is 0.684. The van der Waals surface area contributed by atoms with Crippen molar-refractivity contribution in [2.75, 3.05) is 0 Å². The van der Waals surface area contributed by atoms with Crippen LogP contribution in [-0.2, 0) is 14.4 Å². The van der Waals surface area contributed by atoms with Crippen molar-refractivity contribution < 1.29 is 64.4 Å². The molecule has 8 heteroatoms. The van der Waals surface area contributed by atoms with Crippen LogP contribution in [0.3, 0.4) is 0 Å². The first-order valence-electron chi connectivity index (χ1n) is 3.11. The molecule has 0 heterocycles. The summed E-state index contributed by atoms with van der Waals surface area (Å²) >= 11 is 0. The Labute approximate surface area is 108 Å². The summed E-state index contributed by atoms with van der Waals surface area (Å²) in [6, 6.07) is 0. The summed E-state index contributed by atoms with van der Waals surface area (Å²) in [7, 11) is 0. The van der Waals surface area contributed by atoms with Gasteiger partial charge in [0.2, 0.25) is 0 Å². The van der Waals surface area contributed by atoms with E-state index in [1.807, 2.05) is 0 Å². The molecule has 0 spiro atoms. The van der Waals surface area contributed by atoms with E-state index in [0.29, 0.717) is 0 Å². The summed E-state index contributed by atoms with van der Waals surface area (Å²) in [6.07, 6.45) is -2.72. The van der Waals surface area contributed by atoms with Crippen LogP contribution in [0.1, 0.15) is 12.8 Å². The van der Waals surface area contributed by atoms with Crippen molar-refractivity contribution in [1.82, 2.24) is 0 Å². The summed E-state index contributed by atoms with van der Waals surface area (Å²) < 4.78 is 0. The minimum absolute atomic E-state index is 0. The van der Waals surface area contributed by atoms with Crippen LogP contribution in [0, 0.1) is 7.43 Å².